The Balaban J connectivity index is 1.63. The summed E-state index contributed by atoms with van der Waals surface area (Å²) in [5.41, 5.74) is 2.96. The monoisotopic (exact) mass is 260 g/mol. The van der Waals surface area contributed by atoms with E-state index in [1.165, 1.54) is 56.6 Å². The minimum Gasteiger partial charge on any atom is -0.497 e. The van der Waals surface area contributed by atoms with Crippen LogP contribution in [0.3, 0.4) is 0 Å². The molecule has 0 unspecified atom stereocenters. The Morgan fingerprint density at radius 3 is 2.89 bits per heavy atom. The standard InChI is InChI=1S/C16H24N2O/c1-19-16-3-2-14-6-9-18(12-15(14)10-16)11-13-4-7-17-8-5-13/h2-3,10,13,17H,4-9,11-12H2,1H3. The number of methoxy groups -OCH3 is 1. The molecule has 0 aliphatic carbocycles. The third-order valence-electron chi connectivity index (χ3n) is 4.48. The van der Waals surface area contributed by atoms with Crippen molar-refractivity contribution in [3.63, 3.8) is 0 Å². The number of fused-ring (bicyclic) bond motifs is 1. The molecule has 1 saturated heterocycles. The van der Waals surface area contributed by atoms with E-state index in [2.05, 4.69) is 28.4 Å². The average molecular weight is 260 g/mol. The SMILES string of the molecule is COc1ccc2c(c1)CN(CC1CCNCC1)CC2. The third-order valence-corrected chi connectivity index (χ3v) is 4.48. The van der Waals surface area contributed by atoms with Crippen LogP contribution in [0.5, 0.6) is 5.75 Å². The van der Waals surface area contributed by atoms with Crippen molar-refractivity contribution in [2.75, 3.05) is 33.3 Å². The fourth-order valence-electron chi connectivity index (χ4n) is 3.30. The first-order valence-corrected chi connectivity index (χ1v) is 7.44. The molecule has 0 aromatic heterocycles. The van der Waals surface area contributed by atoms with Crippen molar-refractivity contribution in [3.05, 3.63) is 29.3 Å². The number of piperidine rings is 1. The Labute approximate surface area is 115 Å². The topological polar surface area (TPSA) is 24.5 Å². The van der Waals surface area contributed by atoms with E-state index < -0.39 is 0 Å². The predicted octanol–water partition coefficient (Wildman–Crippen LogP) is 2.05. The van der Waals surface area contributed by atoms with E-state index in [0.29, 0.717) is 0 Å². The molecule has 2 aliphatic rings. The van der Waals surface area contributed by atoms with Crippen LogP contribution in [0.25, 0.3) is 0 Å². The molecule has 0 radical (unpaired) electrons. The van der Waals surface area contributed by atoms with E-state index in [4.69, 9.17) is 4.74 Å². The van der Waals surface area contributed by atoms with Crippen molar-refractivity contribution in [1.82, 2.24) is 10.2 Å². The lowest BCUT2D eigenvalue weighted by atomic mass is 9.94. The van der Waals surface area contributed by atoms with Crippen LogP contribution in [-0.4, -0.2) is 38.2 Å². The second-order valence-electron chi connectivity index (χ2n) is 5.81. The highest BCUT2D eigenvalue weighted by molar-refractivity contribution is 5.37. The summed E-state index contributed by atoms with van der Waals surface area (Å²) in [6.45, 7) is 5.96. The highest BCUT2D eigenvalue weighted by atomic mass is 16.5. The fourth-order valence-corrected chi connectivity index (χ4v) is 3.30. The molecule has 1 N–H and O–H groups in total. The molecule has 19 heavy (non-hydrogen) atoms. The highest BCUT2D eigenvalue weighted by Gasteiger charge is 2.21. The molecule has 0 saturated carbocycles. The lowest BCUT2D eigenvalue weighted by Crippen LogP contribution is -2.38. The van der Waals surface area contributed by atoms with Crippen LogP contribution in [-0.2, 0) is 13.0 Å². The summed E-state index contributed by atoms with van der Waals surface area (Å²) in [5, 5.41) is 3.45. The number of hydrogen-bond donors (Lipinski definition) is 1. The van der Waals surface area contributed by atoms with Crippen LogP contribution in [0, 0.1) is 5.92 Å². The molecule has 0 spiro atoms. The normalized spacial score (nSPS) is 21.1. The van der Waals surface area contributed by atoms with E-state index >= 15 is 0 Å². The number of nitrogens with one attached hydrogen (secondary N) is 1. The maximum absolute atomic E-state index is 5.34. The minimum absolute atomic E-state index is 0.883. The van der Waals surface area contributed by atoms with Gasteiger partial charge < -0.3 is 10.1 Å². The van der Waals surface area contributed by atoms with E-state index in [1.54, 1.807) is 7.11 Å². The van der Waals surface area contributed by atoms with Crippen LogP contribution in [0.15, 0.2) is 18.2 Å². The van der Waals surface area contributed by atoms with Gasteiger partial charge in [0.15, 0.2) is 0 Å². The number of ether oxygens (including phenoxy) is 1. The molecule has 2 aliphatic heterocycles. The van der Waals surface area contributed by atoms with Crippen LogP contribution >= 0.6 is 0 Å². The Bertz CT molecular complexity index is 427. The molecule has 1 aromatic carbocycles. The summed E-state index contributed by atoms with van der Waals surface area (Å²) in [5.74, 6) is 1.87. The van der Waals surface area contributed by atoms with Gasteiger partial charge in [-0.15, -0.1) is 0 Å². The van der Waals surface area contributed by atoms with E-state index in [9.17, 15) is 0 Å². The second-order valence-corrected chi connectivity index (χ2v) is 5.81. The molecule has 0 amide bonds. The maximum atomic E-state index is 5.34. The molecule has 104 valence electrons. The molecule has 0 atom stereocenters. The Hall–Kier alpha value is -1.06. The summed E-state index contributed by atoms with van der Waals surface area (Å²) in [4.78, 5) is 2.62. The van der Waals surface area contributed by atoms with Crippen molar-refractivity contribution in [1.29, 1.82) is 0 Å². The van der Waals surface area contributed by atoms with Gasteiger partial charge in [-0.1, -0.05) is 6.07 Å². The van der Waals surface area contributed by atoms with Gasteiger partial charge in [-0.25, -0.2) is 0 Å². The lowest BCUT2D eigenvalue weighted by molar-refractivity contribution is 0.191. The van der Waals surface area contributed by atoms with Crippen molar-refractivity contribution >= 4 is 0 Å². The highest BCUT2D eigenvalue weighted by Crippen LogP contribution is 2.25. The first-order chi connectivity index (χ1) is 9.35. The van der Waals surface area contributed by atoms with Gasteiger partial charge in [-0.2, -0.15) is 0 Å². The maximum Gasteiger partial charge on any atom is 0.119 e. The van der Waals surface area contributed by atoms with Gasteiger partial charge in [-0.3, -0.25) is 4.90 Å². The summed E-state index contributed by atoms with van der Waals surface area (Å²) >= 11 is 0. The molecular weight excluding hydrogens is 236 g/mol. The molecule has 3 heteroatoms. The van der Waals surface area contributed by atoms with Crippen molar-refractivity contribution < 1.29 is 4.74 Å². The summed E-state index contributed by atoms with van der Waals surface area (Å²) < 4.78 is 5.34. The van der Waals surface area contributed by atoms with Crippen molar-refractivity contribution in [3.8, 4) is 5.75 Å². The zero-order chi connectivity index (χ0) is 13.1. The first-order valence-electron chi connectivity index (χ1n) is 7.44. The number of benzene rings is 1. The summed E-state index contributed by atoms with van der Waals surface area (Å²) in [6.07, 6.45) is 3.85. The summed E-state index contributed by atoms with van der Waals surface area (Å²) in [7, 11) is 1.75. The lowest BCUT2D eigenvalue weighted by Gasteiger charge is -2.33. The van der Waals surface area contributed by atoms with Crippen LogP contribution in [0.2, 0.25) is 0 Å². The smallest absolute Gasteiger partial charge is 0.119 e. The van der Waals surface area contributed by atoms with Crippen LogP contribution < -0.4 is 10.1 Å². The molecule has 1 fully saturated rings. The Morgan fingerprint density at radius 2 is 2.11 bits per heavy atom. The van der Waals surface area contributed by atoms with Gasteiger partial charge >= 0.3 is 0 Å². The second kappa shape index (κ2) is 5.93. The molecule has 3 rings (SSSR count). The molecule has 0 bridgehead atoms. The number of hydrogen-bond acceptors (Lipinski definition) is 3. The van der Waals surface area contributed by atoms with Crippen LogP contribution in [0.4, 0.5) is 0 Å². The minimum atomic E-state index is 0.883. The van der Waals surface area contributed by atoms with Crippen molar-refractivity contribution in [2.45, 2.75) is 25.8 Å². The first kappa shape index (κ1) is 12.9. The van der Waals surface area contributed by atoms with Gasteiger partial charge in [-0.05, 0) is 61.5 Å². The number of nitrogens with zero attached hydrogens (tertiary/aromatic N) is 1. The van der Waals surface area contributed by atoms with Crippen LogP contribution in [0.1, 0.15) is 24.0 Å². The largest absolute Gasteiger partial charge is 0.497 e. The molecule has 1 aromatic rings. The quantitative estimate of drug-likeness (QED) is 0.900. The average Bonchev–Trinajstić information content (AvgIpc) is 2.47. The van der Waals surface area contributed by atoms with Gasteiger partial charge in [0.25, 0.3) is 0 Å². The fraction of sp³-hybridized carbons (Fsp3) is 0.625. The van der Waals surface area contributed by atoms with E-state index in [-0.39, 0.29) is 0 Å². The Kier molecular flexibility index (Phi) is 4.04. The molecule has 3 nitrogen and oxygen atoms in total. The van der Waals surface area contributed by atoms with Crippen molar-refractivity contribution in [2.24, 2.45) is 5.92 Å². The van der Waals surface area contributed by atoms with Gasteiger partial charge in [0.05, 0.1) is 7.11 Å². The van der Waals surface area contributed by atoms with E-state index in [0.717, 1.165) is 18.2 Å². The predicted molar refractivity (Wildman–Crippen MR) is 77.6 cm³/mol. The molecular formula is C16H24N2O. The zero-order valence-corrected chi connectivity index (χ0v) is 11.8. The van der Waals surface area contributed by atoms with Gasteiger partial charge in [0, 0.05) is 19.6 Å². The van der Waals surface area contributed by atoms with Gasteiger partial charge in [0.1, 0.15) is 5.75 Å². The molecule has 2 heterocycles. The third kappa shape index (κ3) is 3.10. The van der Waals surface area contributed by atoms with Gasteiger partial charge in [0.2, 0.25) is 0 Å². The summed E-state index contributed by atoms with van der Waals surface area (Å²) in [6, 6.07) is 6.53. The number of rotatable bonds is 3. The zero-order valence-electron chi connectivity index (χ0n) is 11.8. The Morgan fingerprint density at radius 1 is 1.26 bits per heavy atom. The van der Waals surface area contributed by atoms with E-state index in [1.807, 2.05) is 0 Å².